The number of hydrogen-bond acceptors (Lipinski definition) is 3. The summed E-state index contributed by atoms with van der Waals surface area (Å²) >= 11 is 5.53. The molecular weight excluding hydrogens is 216 g/mol. The van der Waals surface area contributed by atoms with E-state index in [1.54, 1.807) is 0 Å². The summed E-state index contributed by atoms with van der Waals surface area (Å²) in [6.45, 7) is 0. The maximum Gasteiger partial charge on any atom is 0.280 e. The van der Waals surface area contributed by atoms with E-state index in [1.807, 2.05) is 0 Å². The molecule has 0 aromatic carbocycles. The van der Waals surface area contributed by atoms with Gasteiger partial charge in [0.05, 0.1) is 10.6 Å². The summed E-state index contributed by atoms with van der Waals surface area (Å²) in [5.74, 6) is -1.26. The number of nitrogen functional groups attached to an aromatic ring is 1. The number of anilines is 1. The number of alkyl halides is 2. The molecule has 1 rings (SSSR count). The van der Waals surface area contributed by atoms with Crippen molar-refractivity contribution in [2.75, 3.05) is 5.73 Å². The van der Waals surface area contributed by atoms with Crippen molar-refractivity contribution in [3.63, 3.8) is 0 Å². The largest absolute Gasteiger partial charge is 0.382 e. The maximum absolute atomic E-state index is 12.2. The van der Waals surface area contributed by atoms with E-state index >= 15 is 0 Å². The first-order valence-electron chi connectivity index (χ1n) is 3.47. The Balaban J connectivity index is 3.35. The van der Waals surface area contributed by atoms with Crippen LogP contribution in [-0.4, -0.2) is 10.9 Å². The van der Waals surface area contributed by atoms with Gasteiger partial charge in [0.2, 0.25) is 5.91 Å². The number of hydrogen-bond donors (Lipinski definition) is 2. The Morgan fingerprint density at radius 1 is 1.57 bits per heavy atom. The number of nitrogens with two attached hydrogens (primary N) is 2. The van der Waals surface area contributed by atoms with Crippen molar-refractivity contribution in [1.82, 2.24) is 4.98 Å². The van der Waals surface area contributed by atoms with Gasteiger partial charge in [0.1, 0.15) is 11.5 Å². The number of rotatable bonds is 2. The molecular formula is C7H6ClF2N3O. The van der Waals surface area contributed by atoms with Crippen LogP contribution < -0.4 is 11.5 Å². The zero-order valence-corrected chi connectivity index (χ0v) is 7.55. The first-order chi connectivity index (χ1) is 6.43. The Morgan fingerprint density at radius 3 is 2.57 bits per heavy atom. The minimum Gasteiger partial charge on any atom is -0.382 e. The van der Waals surface area contributed by atoms with Gasteiger partial charge >= 0.3 is 0 Å². The number of primary amides is 1. The second-order valence-electron chi connectivity index (χ2n) is 2.46. The predicted octanol–water partition coefficient (Wildman–Crippen LogP) is 1.35. The van der Waals surface area contributed by atoms with Crippen molar-refractivity contribution in [2.24, 2.45) is 5.73 Å². The molecule has 4 N–H and O–H groups in total. The van der Waals surface area contributed by atoms with Crippen LogP contribution in [0.3, 0.4) is 0 Å². The summed E-state index contributed by atoms with van der Waals surface area (Å²) in [5, 5.41) is -0.207. The zero-order valence-electron chi connectivity index (χ0n) is 6.80. The first kappa shape index (κ1) is 10.6. The molecule has 0 saturated heterocycles. The van der Waals surface area contributed by atoms with Crippen molar-refractivity contribution in [1.29, 1.82) is 0 Å². The second-order valence-corrected chi connectivity index (χ2v) is 2.84. The van der Waals surface area contributed by atoms with E-state index in [9.17, 15) is 13.6 Å². The van der Waals surface area contributed by atoms with Gasteiger partial charge in [0.15, 0.2) is 0 Å². The van der Waals surface area contributed by atoms with Gasteiger partial charge < -0.3 is 11.5 Å². The Morgan fingerprint density at radius 2 is 2.14 bits per heavy atom. The monoisotopic (exact) mass is 221 g/mol. The fourth-order valence-corrected chi connectivity index (χ4v) is 1.05. The van der Waals surface area contributed by atoms with Crippen LogP contribution >= 0.6 is 11.6 Å². The van der Waals surface area contributed by atoms with Crippen LogP contribution in [0, 0.1) is 0 Å². The van der Waals surface area contributed by atoms with Gasteiger partial charge in [-0.2, -0.15) is 0 Å². The molecule has 0 unspecified atom stereocenters. The summed E-state index contributed by atoms with van der Waals surface area (Å²) < 4.78 is 24.4. The van der Waals surface area contributed by atoms with E-state index in [1.165, 1.54) is 0 Å². The lowest BCUT2D eigenvalue weighted by Gasteiger charge is -2.05. The molecule has 1 aromatic heterocycles. The van der Waals surface area contributed by atoms with Crippen LogP contribution in [-0.2, 0) is 0 Å². The Kier molecular flexibility index (Phi) is 2.85. The van der Waals surface area contributed by atoms with Crippen molar-refractivity contribution >= 4 is 23.3 Å². The van der Waals surface area contributed by atoms with Crippen LogP contribution in [0.15, 0.2) is 6.07 Å². The smallest absolute Gasteiger partial charge is 0.280 e. The van der Waals surface area contributed by atoms with E-state index in [-0.39, 0.29) is 16.4 Å². The van der Waals surface area contributed by atoms with Crippen molar-refractivity contribution < 1.29 is 13.6 Å². The van der Waals surface area contributed by atoms with Gasteiger partial charge in [-0.05, 0) is 6.07 Å². The van der Waals surface area contributed by atoms with Gasteiger partial charge in [0, 0.05) is 0 Å². The van der Waals surface area contributed by atoms with Crippen LogP contribution in [0.25, 0.3) is 0 Å². The summed E-state index contributed by atoms with van der Waals surface area (Å²) in [4.78, 5) is 14.1. The normalized spacial score (nSPS) is 10.6. The topological polar surface area (TPSA) is 82.0 Å². The second kappa shape index (κ2) is 3.75. The third-order valence-corrected chi connectivity index (χ3v) is 1.89. The van der Waals surface area contributed by atoms with Gasteiger partial charge in [-0.1, -0.05) is 11.6 Å². The Labute approximate surface area is 82.9 Å². The van der Waals surface area contributed by atoms with E-state index in [4.69, 9.17) is 23.1 Å². The highest BCUT2D eigenvalue weighted by atomic mass is 35.5. The Bertz CT molecular complexity index is 383. The van der Waals surface area contributed by atoms with Crippen LogP contribution in [0.1, 0.15) is 22.5 Å². The lowest BCUT2D eigenvalue weighted by Crippen LogP contribution is -2.14. The number of aromatic nitrogens is 1. The molecule has 1 amide bonds. The van der Waals surface area contributed by atoms with Gasteiger partial charge in [-0.3, -0.25) is 4.79 Å². The number of carbonyl (C=O) groups excluding carboxylic acids is 1. The van der Waals surface area contributed by atoms with E-state index in [0.717, 1.165) is 6.07 Å². The van der Waals surface area contributed by atoms with Crippen molar-refractivity contribution in [2.45, 2.75) is 6.43 Å². The molecule has 76 valence electrons. The third-order valence-electron chi connectivity index (χ3n) is 1.49. The summed E-state index contributed by atoms with van der Waals surface area (Å²) in [7, 11) is 0. The first-order valence-corrected chi connectivity index (χ1v) is 3.85. The molecule has 1 heterocycles. The van der Waals surface area contributed by atoms with Gasteiger partial charge in [0.25, 0.3) is 6.43 Å². The highest BCUT2D eigenvalue weighted by molar-refractivity contribution is 6.35. The minimum atomic E-state index is -2.83. The molecule has 14 heavy (non-hydrogen) atoms. The summed E-state index contributed by atoms with van der Waals surface area (Å²) in [5.41, 5.74) is 9.23. The molecule has 4 nitrogen and oxygen atoms in total. The van der Waals surface area contributed by atoms with E-state index in [0.29, 0.717) is 0 Å². The molecule has 0 radical (unpaired) electrons. The van der Waals surface area contributed by atoms with Crippen molar-refractivity contribution in [3.8, 4) is 0 Å². The zero-order chi connectivity index (χ0) is 10.9. The number of amides is 1. The third kappa shape index (κ3) is 1.90. The van der Waals surface area contributed by atoms with Crippen LogP contribution in [0.4, 0.5) is 14.6 Å². The number of pyridine rings is 1. The molecule has 7 heteroatoms. The molecule has 0 saturated carbocycles. The molecule has 0 aliphatic carbocycles. The standard InChI is InChI=1S/C7H6ClF2N3O/c8-4-2(7(12)14)1-3(5(9)10)13-6(4)11/h1,5H,(H2,11,13)(H2,12,14). The fraction of sp³-hybridized carbons (Fsp3) is 0.143. The molecule has 0 spiro atoms. The van der Waals surface area contributed by atoms with E-state index in [2.05, 4.69) is 4.98 Å². The lowest BCUT2D eigenvalue weighted by atomic mass is 10.2. The fourth-order valence-electron chi connectivity index (χ4n) is 0.861. The highest BCUT2D eigenvalue weighted by Gasteiger charge is 2.17. The number of carbonyl (C=O) groups is 1. The minimum absolute atomic E-state index is 0.207. The van der Waals surface area contributed by atoms with E-state index < -0.39 is 18.0 Å². The van der Waals surface area contributed by atoms with Gasteiger partial charge in [-0.25, -0.2) is 13.8 Å². The maximum atomic E-state index is 12.2. The average molecular weight is 222 g/mol. The predicted molar refractivity (Wildman–Crippen MR) is 47.1 cm³/mol. The summed E-state index contributed by atoms with van der Waals surface area (Å²) in [6.07, 6.45) is -2.83. The molecule has 0 atom stereocenters. The number of nitrogens with zero attached hydrogens (tertiary/aromatic N) is 1. The highest BCUT2D eigenvalue weighted by Crippen LogP contribution is 2.26. The Hall–Kier alpha value is -1.43. The van der Waals surface area contributed by atoms with Gasteiger partial charge in [-0.15, -0.1) is 0 Å². The molecule has 1 aromatic rings. The molecule has 0 bridgehead atoms. The molecule has 0 aliphatic heterocycles. The van der Waals surface area contributed by atoms with Crippen molar-refractivity contribution in [3.05, 3.63) is 22.3 Å². The summed E-state index contributed by atoms with van der Waals surface area (Å²) in [6, 6.07) is 0.825. The average Bonchev–Trinajstić information content (AvgIpc) is 2.08. The molecule has 0 fully saturated rings. The van der Waals surface area contributed by atoms with Crippen LogP contribution in [0.2, 0.25) is 5.02 Å². The SMILES string of the molecule is NC(=O)c1cc(C(F)F)nc(N)c1Cl. The number of halogens is 3. The lowest BCUT2D eigenvalue weighted by molar-refractivity contribution is 0.0999. The van der Waals surface area contributed by atoms with Crippen LogP contribution in [0.5, 0.6) is 0 Å². The quantitative estimate of drug-likeness (QED) is 0.791. The molecule has 0 aliphatic rings.